The molecule has 0 spiro atoms. The van der Waals surface area contributed by atoms with E-state index in [1.54, 1.807) is 24.5 Å². The first-order valence-corrected chi connectivity index (χ1v) is 9.64. The Labute approximate surface area is 167 Å². The number of rotatable bonds is 6. The predicted molar refractivity (Wildman–Crippen MR) is 108 cm³/mol. The van der Waals surface area contributed by atoms with Crippen molar-refractivity contribution in [3.05, 3.63) is 42.7 Å². The first-order chi connectivity index (χ1) is 14.0. The molecule has 8 heteroatoms. The maximum atomic E-state index is 12.4. The Morgan fingerprint density at radius 3 is 2.72 bits per heavy atom. The molecule has 6 nitrogen and oxygen atoms in total. The van der Waals surface area contributed by atoms with E-state index in [9.17, 15) is 8.78 Å². The van der Waals surface area contributed by atoms with Crippen LogP contribution in [0.25, 0.3) is 22.3 Å². The van der Waals surface area contributed by atoms with Crippen molar-refractivity contribution in [1.82, 2.24) is 20.3 Å². The molecule has 0 amide bonds. The van der Waals surface area contributed by atoms with Gasteiger partial charge in [0.1, 0.15) is 11.3 Å². The van der Waals surface area contributed by atoms with Crippen LogP contribution in [0.2, 0.25) is 0 Å². The lowest BCUT2D eigenvalue weighted by Gasteiger charge is -2.34. The normalized spacial score (nSPS) is 19.4. The molecular weight excluding hydrogens is 376 g/mol. The van der Waals surface area contributed by atoms with Crippen molar-refractivity contribution >= 4 is 16.9 Å². The Balaban J connectivity index is 1.63. The molecule has 0 saturated carbocycles. The van der Waals surface area contributed by atoms with Gasteiger partial charge in [-0.25, -0.2) is 9.97 Å². The zero-order valence-corrected chi connectivity index (χ0v) is 16.2. The third-order valence-corrected chi connectivity index (χ3v) is 5.20. The highest BCUT2D eigenvalue weighted by molar-refractivity contribution is 5.88. The standard InChI is InChI=1S/C21H23F2N5O/c1-21(7-2-8-24-12-21)13-27-19-18-17(25-9-10-26-18)11-16(28-19)14-3-5-15(6-4-14)29-20(22)23/h3-6,9-11,20,24H,2,7-8,12-13H2,1H3,(H,27,28)/t21-/m1/s1. The lowest BCUT2D eigenvalue weighted by atomic mass is 9.83. The fourth-order valence-corrected chi connectivity index (χ4v) is 3.62. The molecule has 1 aliphatic rings. The van der Waals surface area contributed by atoms with Gasteiger partial charge in [0.25, 0.3) is 0 Å². The molecule has 0 aliphatic carbocycles. The molecule has 1 aromatic carbocycles. The zero-order valence-electron chi connectivity index (χ0n) is 16.2. The van der Waals surface area contributed by atoms with Crippen LogP contribution in [0.15, 0.2) is 42.7 Å². The monoisotopic (exact) mass is 399 g/mol. The Hall–Kier alpha value is -2.87. The van der Waals surface area contributed by atoms with Gasteiger partial charge in [-0.2, -0.15) is 8.78 Å². The minimum atomic E-state index is -2.85. The number of anilines is 1. The van der Waals surface area contributed by atoms with Gasteiger partial charge < -0.3 is 15.4 Å². The molecule has 4 rings (SSSR count). The van der Waals surface area contributed by atoms with Gasteiger partial charge in [-0.15, -0.1) is 0 Å². The smallest absolute Gasteiger partial charge is 0.387 e. The molecule has 0 unspecified atom stereocenters. The van der Waals surface area contributed by atoms with Crippen LogP contribution in [0.3, 0.4) is 0 Å². The lowest BCUT2D eigenvalue weighted by molar-refractivity contribution is -0.0498. The molecule has 29 heavy (non-hydrogen) atoms. The number of pyridine rings is 1. The second kappa shape index (κ2) is 8.24. The van der Waals surface area contributed by atoms with E-state index in [2.05, 4.69) is 32.3 Å². The number of nitrogens with zero attached hydrogens (tertiary/aromatic N) is 3. The van der Waals surface area contributed by atoms with Crippen molar-refractivity contribution in [2.24, 2.45) is 5.41 Å². The lowest BCUT2D eigenvalue weighted by Crippen LogP contribution is -2.42. The molecule has 1 atom stereocenters. The van der Waals surface area contributed by atoms with Crippen LogP contribution in [0.4, 0.5) is 14.6 Å². The number of fused-ring (bicyclic) bond motifs is 1. The van der Waals surface area contributed by atoms with Crippen LogP contribution < -0.4 is 15.4 Å². The minimum absolute atomic E-state index is 0.111. The SMILES string of the molecule is C[C@@]1(CNc2nc(-c3ccc(OC(F)F)cc3)cc3nccnc23)CCCNC1. The summed E-state index contributed by atoms with van der Waals surface area (Å²) in [5, 5.41) is 6.92. The number of hydrogen-bond acceptors (Lipinski definition) is 6. The van der Waals surface area contributed by atoms with Gasteiger partial charge in [-0.05, 0) is 55.1 Å². The fraction of sp³-hybridized carbons (Fsp3) is 0.381. The molecule has 0 radical (unpaired) electrons. The van der Waals surface area contributed by atoms with Gasteiger partial charge >= 0.3 is 6.61 Å². The Kier molecular flexibility index (Phi) is 5.53. The summed E-state index contributed by atoms with van der Waals surface area (Å²) in [6.45, 7) is 2.19. The van der Waals surface area contributed by atoms with E-state index in [1.165, 1.54) is 12.1 Å². The summed E-state index contributed by atoms with van der Waals surface area (Å²) in [5.41, 5.74) is 3.04. The molecule has 1 fully saturated rings. The molecule has 3 aromatic rings. The van der Waals surface area contributed by atoms with Gasteiger partial charge in [0.2, 0.25) is 0 Å². The third-order valence-electron chi connectivity index (χ3n) is 5.20. The van der Waals surface area contributed by atoms with Crippen molar-refractivity contribution in [1.29, 1.82) is 0 Å². The first-order valence-electron chi connectivity index (χ1n) is 9.64. The van der Waals surface area contributed by atoms with Crippen LogP contribution in [-0.2, 0) is 0 Å². The number of ether oxygens (including phenoxy) is 1. The first kappa shape index (κ1) is 19.4. The van der Waals surface area contributed by atoms with Gasteiger partial charge in [0, 0.05) is 31.0 Å². The van der Waals surface area contributed by atoms with Crippen LogP contribution >= 0.6 is 0 Å². The topological polar surface area (TPSA) is 72.0 Å². The Bertz CT molecular complexity index is 974. The van der Waals surface area contributed by atoms with Crippen molar-refractivity contribution < 1.29 is 13.5 Å². The van der Waals surface area contributed by atoms with E-state index in [0.717, 1.165) is 43.6 Å². The van der Waals surface area contributed by atoms with Gasteiger partial charge in [0.15, 0.2) is 5.82 Å². The Morgan fingerprint density at radius 1 is 1.21 bits per heavy atom. The highest BCUT2D eigenvalue weighted by atomic mass is 19.3. The maximum Gasteiger partial charge on any atom is 0.387 e. The van der Waals surface area contributed by atoms with Gasteiger partial charge in [0.05, 0.1) is 11.2 Å². The Morgan fingerprint density at radius 2 is 2.00 bits per heavy atom. The third kappa shape index (κ3) is 4.59. The van der Waals surface area contributed by atoms with E-state index < -0.39 is 6.61 Å². The summed E-state index contributed by atoms with van der Waals surface area (Å²) in [7, 11) is 0. The van der Waals surface area contributed by atoms with E-state index in [4.69, 9.17) is 4.98 Å². The number of aromatic nitrogens is 3. The van der Waals surface area contributed by atoms with E-state index in [0.29, 0.717) is 17.0 Å². The quantitative estimate of drug-likeness (QED) is 0.650. The average molecular weight is 399 g/mol. The summed E-state index contributed by atoms with van der Waals surface area (Å²) >= 11 is 0. The number of piperidine rings is 1. The molecule has 1 saturated heterocycles. The van der Waals surface area contributed by atoms with Crippen molar-refractivity contribution in [2.45, 2.75) is 26.4 Å². The van der Waals surface area contributed by atoms with Crippen molar-refractivity contribution in [2.75, 3.05) is 25.0 Å². The molecule has 1 aliphatic heterocycles. The van der Waals surface area contributed by atoms with E-state index in [-0.39, 0.29) is 11.2 Å². The van der Waals surface area contributed by atoms with Crippen LogP contribution in [0, 0.1) is 5.41 Å². The number of alkyl halides is 2. The number of halogens is 2. The second-order valence-electron chi connectivity index (χ2n) is 7.63. The molecule has 0 bridgehead atoms. The maximum absolute atomic E-state index is 12.4. The molecule has 3 heterocycles. The largest absolute Gasteiger partial charge is 0.435 e. The highest BCUT2D eigenvalue weighted by Gasteiger charge is 2.27. The summed E-state index contributed by atoms with van der Waals surface area (Å²) in [4.78, 5) is 13.6. The second-order valence-corrected chi connectivity index (χ2v) is 7.63. The zero-order chi connectivity index (χ0) is 20.3. The van der Waals surface area contributed by atoms with Gasteiger partial charge in [-0.1, -0.05) is 6.92 Å². The summed E-state index contributed by atoms with van der Waals surface area (Å²) < 4.78 is 29.2. The summed E-state index contributed by atoms with van der Waals surface area (Å²) in [6.07, 6.45) is 5.58. The highest BCUT2D eigenvalue weighted by Crippen LogP contribution is 2.30. The molecule has 2 aromatic heterocycles. The van der Waals surface area contributed by atoms with Crippen molar-refractivity contribution in [3.63, 3.8) is 0 Å². The van der Waals surface area contributed by atoms with Crippen LogP contribution in [-0.4, -0.2) is 41.2 Å². The summed E-state index contributed by atoms with van der Waals surface area (Å²) in [5.74, 6) is 0.783. The van der Waals surface area contributed by atoms with Gasteiger partial charge in [-0.3, -0.25) is 4.98 Å². The van der Waals surface area contributed by atoms with Crippen LogP contribution in [0.5, 0.6) is 5.75 Å². The average Bonchev–Trinajstić information content (AvgIpc) is 2.72. The number of nitrogens with one attached hydrogen (secondary N) is 2. The van der Waals surface area contributed by atoms with Crippen LogP contribution in [0.1, 0.15) is 19.8 Å². The molecule has 152 valence electrons. The predicted octanol–water partition coefficient (Wildman–Crippen LogP) is 4.09. The molecule has 2 N–H and O–H groups in total. The number of benzene rings is 1. The summed E-state index contributed by atoms with van der Waals surface area (Å²) in [6, 6.07) is 8.27. The van der Waals surface area contributed by atoms with Crippen molar-refractivity contribution in [3.8, 4) is 17.0 Å². The van der Waals surface area contributed by atoms with E-state index in [1.807, 2.05) is 6.07 Å². The number of hydrogen-bond donors (Lipinski definition) is 2. The minimum Gasteiger partial charge on any atom is -0.435 e. The fourth-order valence-electron chi connectivity index (χ4n) is 3.62. The van der Waals surface area contributed by atoms with E-state index >= 15 is 0 Å². The molecular formula is C21H23F2N5O.